The number of methoxy groups -OCH3 is 2. The van der Waals surface area contributed by atoms with E-state index in [1.54, 1.807) is 44.8 Å². The van der Waals surface area contributed by atoms with Crippen LogP contribution < -0.4 is 24.4 Å². The highest BCUT2D eigenvalue weighted by molar-refractivity contribution is 7.07. The molecule has 1 N–H and O–H groups in total. The number of fused-ring (bicyclic) bond motifs is 2. The number of carbonyl (C=O) groups excluding carboxylic acids is 1. The van der Waals surface area contributed by atoms with Gasteiger partial charge in [0.05, 0.1) is 42.7 Å². The number of carbonyl (C=O) groups is 1. The molecule has 9 heteroatoms. The molecule has 4 aromatic rings. The predicted octanol–water partition coefficient (Wildman–Crippen LogP) is 3.61. The van der Waals surface area contributed by atoms with Gasteiger partial charge in [0.2, 0.25) is 0 Å². The lowest BCUT2D eigenvalue weighted by molar-refractivity contribution is -0.139. The summed E-state index contributed by atoms with van der Waals surface area (Å²) in [6.45, 7) is 5.70. The molecule has 0 radical (unpaired) electrons. The van der Waals surface area contributed by atoms with Crippen molar-refractivity contribution in [1.29, 1.82) is 0 Å². The maximum atomic E-state index is 13.9. The molecule has 8 nitrogen and oxygen atoms in total. The Morgan fingerprint density at radius 3 is 2.62 bits per heavy atom. The van der Waals surface area contributed by atoms with Crippen LogP contribution in [0.4, 0.5) is 0 Å². The average molecular weight is 518 g/mol. The molecule has 2 aromatic heterocycles. The summed E-state index contributed by atoms with van der Waals surface area (Å²) in [6, 6.07) is 12.6. The predicted molar refractivity (Wildman–Crippen MR) is 143 cm³/mol. The van der Waals surface area contributed by atoms with Gasteiger partial charge in [-0.05, 0) is 50.6 Å². The quantitative estimate of drug-likeness (QED) is 0.395. The second-order valence-electron chi connectivity index (χ2n) is 8.63. The number of esters is 1. The highest BCUT2D eigenvalue weighted by atomic mass is 32.1. The zero-order valence-electron chi connectivity index (χ0n) is 21.2. The fourth-order valence-corrected chi connectivity index (χ4v) is 5.77. The maximum Gasteiger partial charge on any atom is 0.338 e. The highest BCUT2D eigenvalue weighted by Gasteiger charge is 2.34. The van der Waals surface area contributed by atoms with Crippen molar-refractivity contribution in [3.8, 4) is 11.5 Å². The first-order valence-electron chi connectivity index (χ1n) is 11.9. The van der Waals surface area contributed by atoms with Gasteiger partial charge in [0.25, 0.3) is 5.56 Å². The molecule has 1 atom stereocenters. The SMILES string of the molecule is CCOC(=O)C1=C(C)N=c2sc(=Cc3c(C)[nH]c4ccccc34)c(=O)n2C1c1ccc(OC)c(OC)c1. The number of rotatable bonds is 6. The molecule has 0 fully saturated rings. The van der Waals surface area contributed by atoms with Gasteiger partial charge < -0.3 is 19.2 Å². The first-order valence-corrected chi connectivity index (χ1v) is 12.7. The molecule has 0 saturated heterocycles. The van der Waals surface area contributed by atoms with Crippen LogP contribution in [0.25, 0.3) is 17.0 Å². The number of nitrogens with zero attached hydrogens (tertiary/aromatic N) is 2. The van der Waals surface area contributed by atoms with E-state index in [0.717, 1.165) is 22.2 Å². The molecule has 0 aliphatic carbocycles. The number of aromatic nitrogens is 2. The summed E-state index contributed by atoms with van der Waals surface area (Å²) in [4.78, 5) is 35.6. The minimum Gasteiger partial charge on any atom is -0.493 e. The number of para-hydroxylation sites is 1. The molecule has 0 amide bonds. The van der Waals surface area contributed by atoms with Crippen molar-refractivity contribution < 1.29 is 19.0 Å². The number of thiazole rings is 1. The van der Waals surface area contributed by atoms with E-state index in [0.29, 0.717) is 37.7 Å². The molecule has 190 valence electrons. The summed E-state index contributed by atoms with van der Waals surface area (Å²) in [5, 5.41) is 1.03. The van der Waals surface area contributed by atoms with Crippen LogP contribution in [0, 0.1) is 6.92 Å². The van der Waals surface area contributed by atoms with Gasteiger partial charge in [0.15, 0.2) is 16.3 Å². The third-order valence-corrected chi connectivity index (χ3v) is 7.44. The van der Waals surface area contributed by atoms with E-state index >= 15 is 0 Å². The van der Waals surface area contributed by atoms with E-state index in [1.807, 2.05) is 43.3 Å². The number of benzene rings is 2. The Kier molecular flexibility index (Phi) is 6.47. The summed E-state index contributed by atoms with van der Waals surface area (Å²) in [6.07, 6.45) is 1.90. The van der Waals surface area contributed by atoms with E-state index in [-0.39, 0.29) is 12.2 Å². The van der Waals surface area contributed by atoms with Gasteiger partial charge in [0.1, 0.15) is 0 Å². The molecule has 5 rings (SSSR count). The van der Waals surface area contributed by atoms with Crippen LogP contribution >= 0.6 is 11.3 Å². The maximum absolute atomic E-state index is 13.9. The van der Waals surface area contributed by atoms with Gasteiger partial charge in [-0.2, -0.15) is 0 Å². The molecular formula is C28H27N3O5S. The average Bonchev–Trinajstić information content (AvgIpc) is 3.38. The van der Waals surface area contributed by atoms with Crippen LogP contribution in [0.3, 0.4) is 0 Å². The second-order valence-corrected chi connectivity index (χ2v) is 9.64. The van der Waals surface area contributed by atoms with Crippen molar-refractivity contribution in [3.05, 3.63) is 90.2 Å². The van der Waals surface area contributed by atoms with Crippen molar-refractivity contribution in [1.82, 2.24) is 9.55 Å². The highest BCUT2D eigenvalue weighted by Crippen LogP contribution is 2.36. The lowest BCUT2D eigenvalue weighted by atomic mass is 9.95. The molecule has 1 aliphatic rings. The number of H-pyrrole nitrogens is 1. The van der Waals surface area contributed by atoms with E-state index < -0.39 is 12.0 Å². The summed E-state index contributed by atoms with van der Waals surface area (Å²) >= 11 is 1.30. The Labute approximate surface area is 217 Å². The first kappa shape index (κ1) is 24.6. The number of ether oxygens (including phenoxy) is 3. The molecule has 1 unspecified atom stereocenters. The third-order valence-electron chi connectivity index (χ3n) is 6.46. The summed E-state index contributed by atoms with van der Waals surface area (Å²) < 4.78 is 18.4. The fourth-order valence-electron chi connectivity index (χ4n) is 4.75. The Balaban J connectivity index is 1.77. The van der Waals surface area contributed by atoms with Crippen molar-refractivity contribution in [2.45, 2.75) is 26.8 Å². The van der Waals surface area contributed by atoms with Crippen molar-refractivity contribution in [3.63, 3.8) is 0 Å². The van der Waals surface area contributed by atoms with Gasteiger partial charge in [-0.25, -0.2) is 9.79 Å². The zero-order valence-corrected chi connectivity index (χ0v) is 22.1. The largest absolute Gasteiger partial charge is 0.493 e. The van der Waals surface area contributed by atoms with Crippen LogP contribution in [0.2, 0.25) is 0 Å². The molecule has 2 aromatic carbocycles. The Bertz CT molecular complexity index is 1740. The monoisotopic (exact) mass is 517 g/mol. The van der Waals surface area contributed by atoms with Gasteiger partial charge >= 0.3 is 5.97 Å². The van der Waals surface area contributed by atoms with E-state index in [4.69, 9.17) is 14.2 Å². The van der Waals surface area contributed by atoms with Gasteiger partial charge in [-0.3, -0.25) is 9.36 Å². The molecule has 0 spiro atoms. The van der Waals surface area contributed by atoms with Crippen LogP contribution in [-0.4, -0.2) is 36.3 Å². The van der Waals surface area contributed by atoms with Gasteiger partial charge in [-0.15, -0.1) is 0 Å². The zero-order chi connectivity index (χ0) is 26.3. The second kappa shape index (κ2) is 9.74. The van der Waals surface area contributed by atoms with Crippen molar-refractivity contribution in [2.75, 3.05) is 20.8 Å². The van der Waals surface area contributed by atoms with Crippen LogP contribution in [-0.2, 0) is 9.53 Å². The van der Waals surface area contributed by atoms with Crippen LogP contribution in [0.5, 0.6) is 11.5 Å². The molecule has 0 bridgehead atoms. The topological polar surface area (TPSA) is 94.9 Å². The normalized spacial score (nSPS) is 15.5. The summed E-state index contributed by atoms with van der Waals surface area (Å²) in [7, 11) is 3.10. The molecule has 1 aliphatic heterocycles. The number of hydrogen-bond acceptors (Lipinski definition) is 7. The molecule has 37 heavy (non-hydrogen) atoms. The van der Waals surface area contributed by atoms with E-state index in [1.165, 1.54) is 11.3 Å². The van der Waals surface area contributed by atoms with E-state index in [2.05, 4.69) is 9.98 Å². The number of hydrogen-bond donors (Lipinski definition) is 1. The number of nitrogens with one attached hydrogen (secondary N) is 1. The first-order chi connectivity index (χ1) is 17.9. The van der Waals surface area contributed by atoms with Crippen molar-refractivity contribution in [2.24, 2.45) is 4.99 Å². The number of aromatic amines is 1. The lowest BCUT2D eigenvalue weighted by Crippen LogP contribution is -2.40. The van der Waals surface area contributed by atoms with Crippen molar-refractivity contribution >= 4 is 34.3 Å². The number of aryl methyl sites for hydroxylation is 1. The molecule has 3 heterocycles. The summed E-state index contributed by atoms with van der Waals surface area (Å²) in [5.41, 5.74) is 4.19. The molecular weight excluding hydrogens is 490 g/mol. The van der Waals surface area contributed by atoms with Gasteiger partial charge in [-0.1, -0.05) is 35.6 Å². The third kappa shape index (κ3) is 4.15. The minimum absolute atomic E-state index is 0.207. The Morgan fingerprint density at radius 2 is 1.89 bits per heavy atom. The van der Waals surface area contributed by atoms with Gasteiger partial charge in [0, 0.05) is 22.2 Å². The molecule has 0 saturated carbocycles. The summed E-state index contributed by atoms with van der Waals surface area (Å²) in [5.74, 6) is 0.534. The Morgan fingerprint density at radius 1 is 1.14 bits per heavy atom. The van der Waals surface area contributed by atoms with E-state index in [9.17, 15) is 9.59 Å². The van der Waals surface area contributed by atoms with Crippen LogP contribution in [0.15, 0.2) is 63.5 Å². The standard InChI is InChI=1S/C28H27N3O5S/c1-6-36-27(33)24-16(3)30-28-31(25(24)17-11-12-21(34-4)22(13-17)35-5)26(32)23(37-28)14-19-15(2)29-20-10-8-7-9-18(19)20/h7-14,25,29H,6H2,1-5H3. The number of allylic oxidation sites excluding steroid dienone is 1. The Hall–Kier alpha value is -4.11. The fraction of sp³-hybridized carbons (Fsp3) is 0.250. The minimum atomic E-state index is -0.735. The lowest BCUT2D eigenvalue weighted by Gasteiger charge is -2.25. The van der Waals surface area contributed by atoms with Crippen LogP contribution in [0.1, 0.15) is 36.7 Å². The smallest absolute Gasteiger partial charge is 0.338 e.